The van der Waals surface area contributed by atoms with Gasteiger partial charge in [-0.05, 0) is 62.7 Å². The van der Waals surface area contributed by atoms with Crippen LogP contribution < -0.4 is 9.04 Å². The Morgan fingerprint density at radius 2 is 1.87 bits per heavy atom. The Morgan fingerprint density at radius 3 is 2.67 bits per heavy atom. The van der Waals surface area contributed by atoms with Crippen LogP contribution in [-0.2, 0) is 10.0 Å². The van der Waals surface area contributed by atoms with Crippen molar-refractivity contribution in [2.75, 3.05) is 42.8 Å². The molecule has 2 aromatic carbocycles. The Kier molecular flexibility index (Phi) is 7.28. The summed E-state index contributed by atoms with van der Waals surface area (Å²) in [6.45, 7) is 4.53. The Bertz CT molecular complexity index is 978. The molecule has 4 rings (SSSR count). The largest absolute Gasteiger partial charge is 0.493 e. The second kappa shape index (κ2) is 9.94. The minimum Gasteiger partial charge on any atom is -0.493 e. The fraction of sp³-hybridized carbons (Fsp3) is 0.455. The van der Waals surface area contributed by atoms with Gasteiger partial charge in [0.05, 0.1) is 17.2 Å². The molecule has 0 atom stereocenters. The molecule has 2 heterocycles. The zero-order chi connectivity index (χ0) is 21.0. The molecule has 1 saturated heterocycles. The highest BCUT2D eigenvalue weighted by molar-refractivity contribution is 9.10. The standard InChI is InChI=1S/C22H27BrN2O3S2/c23-18-6-4-7-20(16-18)30(26,27)25-13-15-29-22-9-8-19(17-21(22)25)28-14-5-12-24-10-2-1-3-11-24/h4,6-9,16-17H,1-3,5,10-15H2. The van der Waals surface area contributed by atoms with Crippen LogP contribution in [0.2, 0.25) is 0 Å². The highest BCUT2D eigenvalue weighted by Gasteiger charge is 2.30. The first-order valence-electron chi connectivity index (χ1n) is 10.4. The molecule has 1 fully saturated rings. The Labute approximate surface area is 192 Å². The van der Waals surface area contributed by atoms with Gasteiger partial charge in [-0.2, -0.15) is 0 Å². The summed E-state index contributed by atoms with van der Waals surface area (Å²) in [5.74, 6) is 1.46. The third-order valence-corrected chi connectivity index (χ3v) is 8.82. The van der Waals surface area contributed by atoms with Gasteiger partial charge in [-0.25, -0.2) is 8.42 Å². The van der Waals surface area contributed by atoms with Crippen molar-refractivity contribution >= 4 is 43.4 Å². The number of hydrogen-bond acceptors (Lipinski definition) is 5. The molecule has 2 aliphatic rings. The van der Waals surface area contributed by atoms with Crippen LogP contribution in [-0.4, -0.2) is 51.9 Å². The molecule has 8 heteroatoms. The van der Waals surface area contributed by atoms with Gasteiger partial charge in [0.15, 0.2) is 0 Å². The molecular weight excluding hydrogens is 484 g/mol. The third kappa shape index (κ3) is 5.15. The monoisotopic (exact) mass is 510 g/mol. The number of nitrogens with zero attached hydrogens (tertiary/aromatic N) is 2. The van der Waals surface area contributed by atoms with E-state index in [1.165, 1.54) is 36.7 Å². The van der Waals surface area contributed by atoms with Crippen LogP contribution in [0.1, 0.15) is 25.7 Å². The SMILES string of the molecule is O=S(=O)(c1cccc(Br)c1)N1CCSc2ccc(OCCCN3CCCCC3)cc21. The number of piperidine rings is 1. The lowest BCUT2D eigenvalue weighted by Crippen LogP contribution is -2.35. The lowest BCUT2D eigenvalue weighted by molar-refractivity contribution is 0.205. The van der Waals surface area contributed by atoms with Gasteiger partial charge in [0.2, 0.25) is 0 Å². The third-order valence-electron chi connectivity index (χ3n) is 5.47. The van der Waals surface area contributed by atoms with Crippen molar-refractivity contribution in [3.8, 4) is 5.75 Å². The summed E-state index contributed by atoms with van der Waals surface area (Å²) in [6, 6.07) is 12.7. The molecule has 0 spiro atoms. The van der Waals surface area contributed by atoms with E-state index in [1.54, 1.807) is 30.0 Å². The number of ether oxygens (including phenoxy) is 1. The van der Waals surface area contributed by atoms with Gasteiger partial charge in [0, 0.05) is 34.3 Å². The minimum absolute atomic E-state index is 0.294. The number of anilines is 1. The van der Waals surface area contributed by atoms with E-state index in [4.69, 9.17) is 4.74 Å². The Balaban J connectivity index is 1.46. The van der Waals surface area contributed by atoms with E-state index in [2.05, 4.69) is 20.8 Å². The van der Waals surface area contributed by atoms with E-state index in [1.807, 2.05) is 24.3 Å². The lowest BCUT2D eigenvalue weighted by atomic mass is 10.1. The van der Waals surface area contributed by atoms with Crippen LogP contribution in [0.4, 0.5) is 5.69 Å². The van der Waals surface area contributed by atoms with Gasteiger partial charge in [-0.3, -0.25) is 4.31 Å². The number of likely N-dealkylation sites (tertiary alicyclic amines) is 1. The van der Waals surface area contributed by atoms with Crippen LogP contribution in [0.15, 0.2) is 56.7 Å². The van der Waals surface area contributed by atoms with Crippen molar-refractivity contribution in [2.45, 2.75) is 35.5 Å². The van der Waals surface area contributed by atoms with Gasteiger partial charge in [0.1, 0.15) is 5.75 Å². The summed E-state index contributed by atoms with van der Waals surface area (Å²) < 4.78 is 34.8. The number of benzene rings is 2. The fourth-order valence-corrected chi connectivity index (χ4v) is 7.15. The number of hydrogen-bond donors (Lipinski definition) is 0. The first-order valence-corrected chi connectivity index (χ1v) is 13.7. The van der Waals surface area contributed by atoms with Crippen LogP contribution in [0, 0.1) is 0 Å². The maximum absolute atomic E-state index is 13.3. The number of thioether (sulfide) groups is 1. The molecule has 0 N–H and O–H groups in total. The van der Waals surface area contributed by atoms with E-state index in [0.29, 0.717) is 23.7 Å². The highest BCUT2D eigenvalue weighted by atomic mass is 79.9. The van der Waals surface area contributed by atoms with E-state index in [9.17, 15) is 8.42 Å². The molecule has 0 aromatic heterocycles. The summed E-state index contributed by atoms with van der Waals surface area (Å²) in [5, 5.41) is 0. The lowest BCUT2D eigenvalue weighted by Gasteiger charge is -2.30. The van der Waals surface area contributed by atoms with Crippen molar-refractivity contribution in [1.82, 2.24) is 4.90 Å². The van der Waals surface area contributed by atoms with Crippen molar-refractivity contribution in [3.05, 3.63) is 46.9 Å². The van der Waals surface area contributed by atoms with Crippen LogP contribution in [0.5, 0.6) is 5.75 Å². The van der Waals surface area contributed by atoms with Gasteiger partial charge in [-0.1, -0.05) is 28.4 Å². The minimum atomic E-state index is -3.63. The van der Waals surface area contributed by atoms with Crippen molar-refractivity contribution in [1.29, 1.82) is 0 Å². The Morgan fingerprint density at radius 1 is 1.03 bits per heavy atom. The first kappa shape index (κ1) is 22.0. The molecule has 0 saturated carbocycles. The zero-order valence-electron chi connectivity index (χ0n) is 16.9. The predicted octanol–water partition coefficient (Wildman–Crippen LogP) is 5.00. The summed E-state index contributed by atoms with van der Waals surface area (Å²) >= 11 is 5.06. The molecule has 2 aromatic rings. The van der Waals surface area contributed by atoms with Gasteiger partial charge in [-0.15, -0.1) is 11.8 Å². The second-order valence-corrected chi connectivity index (χ2v) is 11.5. The number of rotatable bonds is 7. The maximum atomic E-state index is 13.3. The molecule has 162 valence electrons. The molecule has 5 nitrogen and oxygen atoms in total. The molecule has 2 aliphatic heterocycles. The van der Waals surface area contributed by atoms with Gasteiger partial charge < -0.3 is 9.64 Å². The highest BCUT2D eigenvalue weighted by Crippen LogP contribution is 2.40. The Hall–Kier alpha value is -1.22. The summed E-state index contributed by atoms with van der Waals surface area (Å²) in [6.07, 6.45) is 4.92. The number of halogens is 1. The molecule has 0 bridgehead atoms. The zero-order valence-corrected chi connectivity index (χ0v) is 20.1. The summed E-state index contributed by atoms with van der Waals surface area (Å²) in [5.41, 5.74) is 0.708. The molecule has 0 radical (unpaired) electrons. The first-order chi connectivity index (χ1) is 14.5. The van der Waals surface area contributed by atoms with Crippen LogP contribution in [0.3, 0.4) is 0 Å². The topological polar surface area (TPSA) is 49.9 Å². The van der Waals surface area contributed by atoms with E-state index in [0.717, 1.165) is 33.8 Å². The van der Waals surface area contributed by atoms with E-state index < -0.39 is 10.0 Å². The van der Waals surface area contributed by atoms with E-state index in [-0.39, 0.29) is 0 Å². The molecule has 0 aliphatic carbocycles. The molecule has 0 unspecified atom stereocenters. The quantitative estimate of drug-likeness (QED) is 0.490. The normalized spacial score (nSPS) is 17.6. The average molecular weight is 512 g/mol. The van der Waals surface area contributed by atoms with Crippen molar-refractivity contribution in [3.63, 3.8) is 0 Å². The molecule has 0 amide bonds. The smallest absolute Gasteiger partial charge is 0.264 e. The summed E-state index contributed by atoms with van der Waals surface area (Å²) in [7, 11) is -3.63. The predicted molar refractivity (Wildman–Crippen MR) is 126 cm³/mol. The number of fused-ring (bicyclic) bond motifs is 1. The van der Waals surface area contributed by atoms with Crippen LogP contribution >= 0.6 is 27.7 Å². The number of sulfonamides is 1. The van der Waals surface area contributed by atoms with Gasteiger partial charge in [0.25, 0.3) is 10.0 Å². The summed E-state index contributed by atoms with van der Waals surface area (Å²) in [4.78, 5) is 3.77. The second-order valence-electron chi connectivity index (χ2n) is 7.62. The van der Waals surface area contributed by atoms with Crippen molar-refractivity contribution < 1.29 is 13.2 Å². The molecular formula is C22H27BrN2O3S2. The average Bonchev–Trinajstić information content (AvgIpc) is 2.77. The van der Waals surface area contributed by atoms with E-state index >= 15 is 0 Å². The van der Waals surface area contributed by atoms with Crippen molar-refractivity contribution in [2.24, 2.45) is 0 Å². The molecule has 30 heavy (non-hydrogen) atoms. The fourth-order valence-electron chi connectivity index (χ4n) is 3.93. The van der Waals surface area contributed by atoms with Gasteiger partial charge >= 0.3 is 0 Å². The maximum Gasteiger partial charge on any atom is 0.264 e. The van der Waals surface area contributed by atoms with Crippen LogP contribution in [0.25, 0.3) is 0 Å².